The van der Waals surface area contributed by atoms with Crippen LogP contribution in [0.2, 0.25) is 0 Å². The Morgan fingerprint density at radius 3 is 2.69 bits per heavy atom. The molecular formula is C19H25BrN4O2. The molecule has 0 fully saturated rings. The summed E-state index contributed by atoms with van der Waals surface area (Å²) in [5.74, 6) is 1.06. The number of aliphatic hydroxyl groups excluding tert-OH is 1. The number of hydrogen-bond donors (Lipinski definition) is 2. The van der Waals surface area contributed by atoms with Gasteiger partial charge in [-0.1, -0.05) is 20.8 Å². The second kappa shape index (κ2) is 7.06. The number of aromatic nitrogens is 1. The van der Waals surface area contributed by atoms with Gasteiger partial charge in [0.25, 0.3) is 0 Å². The number of benzene rings is 1. The molecule has 0 aliphatic carbocycles. The molecule has 140 valence electrons. The molecule has 7 heteroatoms. The number of fused-ring (bicyclic) bond motifs is 1. The maximum absolute atomic E-state index is 9.48. The molecule has 1 aliphatic rings. The lowest BCUT2D eigenvalue weighted by Crippen LogP contribution is -2.51. The number of nitrogens with one attached hydrogen (secondary N) is 1. The van der Waals surface area contributed by atoms with Gasteiger partial charge in [0.05, 0.1) is 22.5 Å². The molecule has 2 aromatic rings. The average Bonchev–Trinajstić information content (AvgIpc) is 2.93. The van der Waals surface area contributed by atoms with Crippen molar-refractivity contribution in [3.8, 4) is 11.6 Å². The van der Waals surface area contributed by atoms with Crippen LogP contribution in [0.15, 0.2) is 34.9 Å². The predicted molar refractivity (Wildman–Crippen MR) is 107 cm³/mol. The summed E-state index contributed by atoms with van der Waals surface area (Å²) in [4.78, 5) is 4.23. The van der Waals surface area contributed by atoms with E-state index >= 15 is 0 Å². The molecule has 1 aromatic carbocycles. The lowest BCUT2D eigenvalue weighted by Gasteiger charge is -2.36. The molecule has 0 spiro atoms. The quantitative estimate of drug-likeness (QED) is 0.770. The number of rotatable bonds is 4. The van der Waals surface area contributed by atoms with E-state index in [1.165, 1.54) is 0 Å². The molecule has 0 radical (unpaired) electrons. The summed E-state index contributed by atoms with van der Waals surface area (Å²) in [5, 5.41) is 13.6. The predicted octanol–water partition coefficient (Wildman–Crippen LogP) is 4.24. The highest BCUT2D eigenvalue weighted by Crippen LogP contribution is 2.47. The van der Waals surface area contributed by atoms with Gasteiger partial charge in [0, 0.05) is 24.8 Å². The van der Waals surface area contributed by atoms with Gasteiger partial charge in [-0.2, -0.15) is 0 Å². The Labute approximate surface area is 162 Å². The van der Waals surface area contributed by atoms with Crippen LogP contribution >= 0.6 is 15.9 Å². The van der Waals surface area contributed by atoms with Crippen LogP contribution in [-0.2, 0) is 6.61 Å². The highest BCUT2D eigenvalue weighted by atomic mass is 79.9. The van der Waals surface area contributed by atoms with Gasteiger partial charge in [-0.25, -0.2) is 4.98 Å². The number of hydrazine groups is 2. The second-order valence-electron chi connectivity index (χ2n) is 7.54. The Bertz CT molecular complexity index is 807. The summed E-state index contributed by atoms with van der Waals surface area (Å²) in [6.07, 6.45) is 1.65. The summed E-state index contributed by atoms with van der Waals surface area (Å²) in [7, 11) is 1.97. The van der Waals surface area contributed by atoms with Crippen LogP contribution in [0.25, 0.3) is 0 Å². The standard InChI is InChI=1S/C19H25BrN4O2/c1-12(19(2,3)4)24-14-8-9-15(16(20)17(14)23(5)22-24)26-18-13(11-25)7-6-10-21-18/h6-10,12,22,25H,11H2,1-5H3/t12-/m1/s1. The van der Waals surface area contributed by atoms with Crippen molar-refractivity contribution in [2.45, 2.75) is 40.3 Å². The molecule has 2 heterocycles. The Kier molecular flexibility index (Phi) is 5.14. The third-order valence-corrected chi connectivity index (χ3v) is 5.55. The van der Waals surface area contributed by atoms with Gasteiger partial charge in [0.1, 0.15) is 5.75 Å². The van der Waals surface area contributed by atoms with E-state index in [4.69, 9.17) is 4.74 Å². The van der Waals surface area contributed by atoms with Gasteiger partial charge < -0.3 is 9.84 Å². The zero-order valence-corrected chi connectivity index (χ0v) is 17.3. The topological polar surface area (TPSA) is 60.9 Å². The van der Waals surface area contributed by atoms with Crippen molar-refractivity contribution < 1.29 is 9.84 Å². The van der Waals surface area contributed by atoms with E-state index in [1.807, 2.05) is 24.2 Å². The number of anilines is 2. The first-order valence-electron chi connectivity index (χ1n) is 8.58. The Morgan fingerprint density at radius 1 is 1.31 bits per heavy atom. The number of ether oxygens (including phenoxy) is 1. The molecule has 6 nitrogen and oxygen atoms in total. The van der Waals surface area contributed by atoms with Crippen LogP contribution < -0.4 is 20.3 Å². The van der Waals surface area contributed by atoms with Crippen molar-refractivity contribution in [1.82, 2.24) is 10.5 Å². The SMILES string of the molecule is C[C@@H](N1NN(C)c2c1ccc(Oc1ncccc1CO)c2Br)C(C)(C)C. The zero-order chi connectivity index (χ0) is 19.1. The molecule has 3 rings (SSSR count). The number of hydrogen-bond acceptors (Lipinski definition) is 6. The lowest BCUT2D eigenvalue weighted by molar-refractivity contribution is 0.275. The third kappa shape index (κ3) is 3.39. The summed E-state index contributed by atoms with van der Waals surface area (Å²) < 4.78 is 6.81. The molecule has 26 heavy (non-hydrogen) atoms. The van der Waals surface area contributed by atoms with Crippen LogP contribution in [0, 0.1) is 5.41 Å². The first kappa shape index (κ1) is 18.9. The van der Waals surface area contributed by atoms with Crippen LogP contribution in [0.4, 0.5) is 11.4 Å². The Hall–Kier alpha value is -1.83. The fourth-order valence-corrected chi connectivity index (χ4v) is 3.50. The van der Waals surface area contributed by atoms with Crippen molar-refractivity contribution in [3.05, 3.63) is 40.5 Å². The number of nitrogens with zero attached hydrogens (tertiary/aromatic N) is 3. The van der Waals surface area contributed by atoms with E-state index in [1.54, 1.807) is 18.3 Å². The van der Waals surface area contributed by atoms with Gasteiger partial charge in [0.2, 0.25) is 5.88 Å². The van der Waals surface area contributed by atoms with E-state index in [0.29, 0.717) is 17.2 Å². The normalized spacial score (nSPS) is 15.2. The first-order chi connectivity index (χ1) is 12.2. The Morgan fingerprint density at radius 2 is 2.04 bits per heavy atom. The van der Waals surface area contributed by atoms with E-state index in [-0.39, 0.29) is 18.1 Å². The minimum Gasteiger partial charge on any atom is -0.437 e. The van der Waals surface area contributed by atoms with Crippen molar-refractivity contribution in [2.24, 2.45) is 5.41 Å². The minimum absolute atomic E-state index is 0.112. The van der Waals surface area contributed by atoms with Crippen LogP contribution in [-0.4, -0.2) is 23.2 Å². The van der Waals surface area contributed by atoms with Gasteiger partial charge in [-0.15, -0.1) is 5.53 Å². The summed E-state index contributed by atoms with van der Waals surface area (Å²) in [6.45, 7) is 8.75. The van der Waals surface area contributed by atoms with Crippen LogP contribution in [0.3, 0.4) is 0 Å². The summed E-state index contributed by atoms with van der Waals surface area (Å²) >= 11 is 3.68. The monoisotopic (exact) mass is 420 g/mol. The molecule has 1 aromatic heterocycles. The molecule has 2 N–H and O–H groups in total. The fourth-order valence-electron chi connectivity index (χ4n) is 2.82. The zero-order valence-electron chi connectivity index (χ0n) is 15.7. The van der Waals surface area contributed by atoms with E-state index in [2.05, 4.69) is 59.2 Å². The maximum Gasteiger partial charge on any atom is 0.224 e. The fraction of sp³-hybridized carbons (Fsp3) is 0.421. The molecule has 1 atom stereocenters. The van der Waals surface area contributed by atoms with Crippen molar-refractivity contribution in [1.29, 1.82) is 0 Å². The van der Waals surface area contributed by atoms with E-state index in [9.17, 15) is 5.11 Å². The number of aliphatic hydroxyl groups is 1. The molecule has 0 unspecified atom stereocenters. The van der Waals surface area contributed by atoms with Crippen LogP contribution in [0.1, 0.15) is 33.3 Å². The van der Waals surface area contributed by atoms with Crippen LogP contribution in [0.5, 0.6) is 11.6 Å². The number of halogens is 1. The summed E-state index contributed by atoms with van der Waals surface area (Å²) in [6, 6.07) is 7.81. The van der Waals surface area contributed by atoms with Gasteiger partial charge in [-0.3, -0.25) is 10.0 Å². The number of pyridine rings is 1. The van der Waals surface area contributed by atoms with E-state index in [0.717, 1.165) is 15.8 Å². The Balaban J connectivity index is 1.97. The molecular weight excluding hydrogens is 396 g/mol. The van der Waals surface area contributed by atoms with Crippen molar-refractivity contribution in [3.63, 3.8) is 0 Å². The molecule has 0 saturated carbocycles. The second-order valence-corrected chi connectivity index (χ2v) is 8.34. The highest BCUT2D eigenvalue weighted by molar-refractivity contribution is 9.10. The highest BCUT2D eigenvalue weighted by Gasteiger charge is 2.35. The third-order valence-electron chi connectivity index (χ3n) is 4.78. The molecule has 0 bridgehead atoms. The van der Waals surface area contributed by atoms with Gasteiger partial charge in [-0.05, 0) is 52.5 Å². The molecule has 1 aliphatic heterocycles. The molecule has 0 amide bonds. The first-order valence-corrected chi connectivity index (χ1v) is 9.37. The van der Waals surface area contributed by atoms with Gasteiger partial charge in [0.15, 0.2) is 0 Å². The van der Waals surface area contributed by atoms with E-state index < -0.39 is 0 Å². The average molecular weight is 421 g/mol. The maximum atomic E-state index is 9.48. The van der Waals surface area contributed by atoms with Crippen molar-refractivity contribution >= 4 is 27.3 Å². The summed E-state index contributed by atoms with van der Waals surface area (Å²) in [5.41, 5.74) is 6.25. The smallest absolute Gasteiger partial charge is 0.224 e. The largest absolute Gasteiger partial charge is 0.437 e. The molecule has 0 saturated heterocycles. The van der Waals surface area contributed by atoms with Gasteiger partial charge >= 0.3 is 0 Å². The lowest BCUT2D eigenvalue weighted by atomic mass is 9.87. The van der Waals surface area contributed by atoms with Crippen molar-refractivity contribution in [2.75, 3.05) is 17.1 Å². The minimum atomic E-state index is -0.121.